The van der Waals surface area contributed by atoms with Crippen molar-refractivity contribution in [1.82, 2.24) is 15.1 Å². The number of ether oxygens (including phenoxy) is 1. The van der Waals surface area contributed by atoms with Gasteiger partial charge in [0.15, 0.2) is 0 Å². The molecule has 3 rings (SSSR count). The molecule has 0 radical (unpaired) electrons. The standard InChI is InChI=1S/C16H18ClN3O2/c17-14-9-19-20(10-14)6-5-16(21)18-8-12-7-13-3-1-2-4-15(13)22-11-12/h1-4,9-10,12H,5-8,11H2,(H,18,21)/t12-/m0/s1. The zero-order valence-electron chi connectivity index (χ0n) is 12.2. The number of fused-ring (bicyclic) bond motifs is 1. The summed E-state index contributed by atoms with van der Waals surface area (Å²) in [6.07, 6.45) is 4.60. The third kappa shape index (κ3) is 3.80. The first kappa shape index (κ1) is 14.9. The molecule has 5 nitrogen and oxygen atoms in total. The quantitative estimate of drug-likeness (QED) is 0.920. The van der Waals surface area contributed by atoms with Crippen molar-refractivity contribution in [3.8, 4) is 5.75 Å². The highest BCUT2D eigenvalue weighted by Gasteiger charge is 2.19. The normalized spacial score (nSPS) is 16.7. The van der Waals surface area contributed by atoms with E-state index in [4.69, 9.17) is 16.3 Å². The molecule has 0 saturated carbocycles. The highest BCUT2D eigenvalue weighted by atomic mass is 35.5. The first-order chi connectivity index (χ1) is 10.7. The predicted molar refractivity (Wildman–Crippen MR) is 84.0 cm³/mol. The van der Waals surface area contributed by atoms with E-state index >= 15 is 0 Å². The van der Waals surface area contributed by atoms with E-state index in [2.05, 4.69) is 16.5 Å². The third-order valence-corrected chi connectivity index (χ3v) is 3.91. The van der Waals surface area contributed by atoms with Crippen LogP contribution in [0.5, 0.6) is 5.75 Å². The summed E-state index contributed by atoms with van der Waals surface area (Å²) in [5.41, 5.74) is 1.21. The Hall–Kier alpha value is -2.01. The molecule has 22 heavy (non-hydrogen) atoms. The van der Waals surface area contributed by atoms with Crippen molar-refractivity contribution in [3.05, 3.63) is 47.2 Å². The SMILES string of the molecule is O=C(CCn1cc(Cl)cn1)NC[C@H]1COc2ccccc2C1. The lowest BCUT2D eigenvalue weighted by Crippen LogP contribution is -2.35. The Morgan fingerprint density at radius 2 is 2.32 bits per heavy atom. The molecule has 1 aliphatic rings. The van der Waals surface area contributed by atoms with Crippen molar-refractivity contribution in [2.75, 3.05) is 13.2 Å². The third-order valence-electron chi connectivity index (χ3n) is 3.71. The molecular weight excluding hydrogens is 302 g/mol. The van der Waals surface area contributed by atoms with E-state index < -0.39 is 0 Å². The molecule has 2 aromatic rings. The number of nitrogens with zero attached hydrogens (tertiary/aromatic N) is 2. The van der Waals surface area contributed by atoms with Gasteiger partial charge in [0.2, 0.25) is 5.91 Å². The summed E-state index contributed by atoms with van der Waals surface area (Å²) >= 11 is 5.78. The van der Waals surface area contributed by atoms with E-state index in [1.807, 2.05) is 18.2 Å². The maximum absolute atomic E-state index is 11.9. The summed E-state index contributed by atoms with van der Waals surface area (Å²) in [7, 11) is 0. The molecule has 0 fully saturated rings. The number of carbonyl (C=O) groups excluding carboxylic acids is 1. The maximum Gasteiger partial charge on any atom is 0.221 e. The Kier molecular flexibility index (Phi) is 4.63. The summed E-state index contributed by atoms with van der Waals surface area (Å²) < 4.78 is 7.39. The van der Waals surface area contributed by atoms with Crippen LogP contribution in [-0.2, 0) is 17.8 Å². The van der Waals surface area contributed by atoms with Gasteiger partial charge in [-0.25, -0.2) is 0 Å². The minimum absolute atomic E-state index is 0.0190. The van der Waals surface area contributed by atoms with Gasteiger partial charge in [-0.1, -0.05) is 29.8 Å². The second-order valence-electron chi connectivity index (χ2n) is 5.46. The number of hydrogen-bond donors (Lipinski definition) is 1. The summed E-state index contributed by atoms with van der Waals surface area (Å²) in [4.78, 5) is 11.9. The van der Waals surface area contributed by atoms with Gasteiger partial charge in [-0.2, -0.15) is 5.10 Å². The number of carbonyl (C=O) groups is 1. The van der Waals surface area contributed by atoms with Crippen molar-refractivity contribution < 1.29 is 9.53 Å². The lowest BCUT2D eigenvalue weighted by molar-refractivity contribution is -0.121. The topological polar surface area (TPSA) is 56.2 Å². The Labute approximate surface area is 134 Å². The van der Waals surface area contributed by atoms with Crippen molar-refractivity contribution in [2.45, 2.75) is 19.4 Å². The van der Waals surface area contributed by atoms with Gasteiger partial charge in [0.25, 0.3) is 0 Å². The van der Waals surface area contributed by atoms with E-state index in [9.17, 15) is 4.79 Å². The number of rotatable bonds is 5. The van der Waals surface area contributed by atoms with E-state index in [0.717, 1.165) is 12.2 Å². The number of nitrogens with one attached hydrogen (secondary N) is 1. The van der Waals surface area contributed by atoms with Crippen LogP contribution < -0.4 is 10.1 Å². The number of halogens is 1. The van der Waals surface area contributed by atoms with Crippen molar-refractivity contribution in [2.24, 2.45) is 5.92 Å². The molecule has 1 atom stereocenters. The second kappa shape index (κ2) is 6.83. The van der Waals surface area contributed by atoms with Crippen LogP contribution in [0, 0.1) is 5.92 Å². The van der Waals surface area contributed by atoms with E-state index in [1.165, 1.54) is 5.56 Å². The molecule has 1 aromatic carbocycles. The first-order valence-corrected chi connectivity index (χ1v) is 7.74. The fourth-order valence-electron chi connectivity index (χ4n) is 2.55. The zero-order valence-corrected chi connectivity index (χ0v) is 12.9. The number of para-hydroxylation sites is 1. The van der Waals surface area contributed by atoms with Gasteiger partial charge in [0, 0.05) is 31.6 Å². The smallest absolute Gasteiger partial charge is 0.221 e. The number of aryl methyl sites for hydroxylation is 1. The molecule has 1 amide bonds. The fourth-order valence-corrected chi connectivity index (χ4v) is 2.70. The summed E-state index contributed by atoms with van der Waals surface area (Å²) in [5, 5.41) is 7.60. The molecule has 1 aliphatic heterocycles. The van der Waals surface area contributed by atoms with E-state index in [0.29, 0.717) is 37.1 Å². The Bertz CT molecular complexity index is 656. The molecule has 1 aromatic heterocycles. The van der Waals surface area contributed by atoms with Crippen LogP contribution in [0.3, 0.4) is 0 Å². The first-order valence-electron chi connectivity index (χ1n) is 7.36. The molecule has 0 bridgehead atoms. The molecule has 2 heterocycles. The van der Waals surface area contributed by atoms with Gasteiger partial charge in [0.05, 0.1) is 17.8 Å². The van der Waals surface area contributed by atoms with Crippen molar-refractivity contribution in [1.29, 1.82) is 0 Å². The predicted octanol–water partition coefficient (Wildman–Crippen LogP) is 2.29. The summed E-state index contributed by atoms with van der Waals surface area (Å²) in [5.74, 6) is 1.30. The summed E-state index contributed by atoms with van der Waals surface area (Å²) in [6.45, 7) is 1.81. The lowest BCUT2D eigenvalue weighted by Gasteiger charge is -2.25. The van der Waals surface area contributed by atoms with Crippen LogP contribution in [0.15, 0.2) is 36.7 Å². The van der Waals surface area contributed by atoms with Gasteiger partial charge in [-0.05, 0) is 18.1 Å². The molecule has 0 spiro atoms. The van der Waals surface area contributed by atoms with E-state index in [1.54, 1.807) is 17.1 Å². The molecule has 6 heteroatoms. The minimum atomic E-state index is 0.0190. The minimum Gasteiger partial charge on any atom is -0.493 e. The highest BCUT2D eigenvalue weighted by molar-refractivity contribution is 6.30. The number of benzene rings is 1. The number of hydrogen-bond acceptors (Lipinski definition) is 3. The van der Waals surface area contributed by atoms with Gasteiger partial charge < -0.3 is 10.1 Å². The molecule has 1 N–H and O–H groups in total. The molecule has 0 aliphatic carbocycles. The molecule has 0 saturated heterocycles. The van der Waals surface area contributed by atoms with Crippen LogP contribution in [0.25, 0.3) is 0 Å². The molecule has 0 unspecified atom stereocenters. The second-order valence-corrected chi connectivity index (χ2v) is 5.90. The monoisotopic (exact) mass is 319 g/mol. The van der Waals surface area contributed by atoms with Crippen molar-refractivity contribution >= 4 is 17.5 Å². The average Bonchev–Trinajstić information content (AvgIpc) is 2.96. The molecular formula is C16H18ClN3O2. The van der Waals surface area contributed by atoms with Gasteiger partial charge >= 0.3 is 0 Å². The van der Waals surface area contributed by atoms with E-state index in [-0.39, 0.29) is 5.91 Å². The number of aromatic nitrogens is 2. The zero-order chi connectivity index (χ0) is 15.4. The Morgan fingerprint density at radius 1 is 1.45 bits per heavy atom. The van der Waals surface area contributed by atoms with Crippen LogP contribution >= 0.6 is 11.6 Å². The van der Waals surface area contributed by atoms with Crippen LogP contribution in [0.2, 0.25) is 5.02 Å². The highest BCUT2D eigenvalue weighted by Crippen LogP contribution is 2.26. The Balaban J connectivity index is 1.42. The Morgan fingerprint density at radius 3 is 3.14 bits per heavy atom. The largest absolute Gasteiger partial charge is 0.493 e. The number of amides is 1. The van der Waals surface area contributed by atoms with Crippen LogP contribution in [0.4, 0.5) is 0 Å². The van der Waals surface area contributed by atoms with Crippen LogP contribution in [-0.4, -0.2) is 28.8 Å². The molecule has 116 valence electrons. The fraction of sp³-hybridized carbons (Fsp3) is 0.375. The van der Waals surface area contributed by atoms with Crippen LogP contribution in [0.1, 0.15) is 12.0 Å². The van der Waals surface area contributed by atoms with Gasteiger partial charge in [-0.3, -0.25) is 9.48 Å². The summed E-state index contributed by atoms with van der Waals surface area (Å²) in [6, 6.07) is 8.05. The average molecular weight is 320 g/mol. The maximum atomic E-state index is 11.9. The van der Waals surface area contributed by atoms with Gasteiger partial charge in [0.1, 0.15) is 5.75 Å². The van der Waals surface area contributed by atoms with Crippen molar-refractivity contribution in [3.63, 3.8) is 0 Å². The van der Waals surface area contributed by atoms with Gasteiger partial charge in [-0.15, -0.1) is 0 Å². The lowest BCUT2D eigenvalue weighted by atomic mass is 9.97.